The molecular formula is C39H56N2O6. The van der Waals surface area contributed by atoms with Crippen molar-refractivity contribution in [3.8, 4) is 23.0 Å². The second-order valence-electron chi connectivity index (χ2n) is 11.6. The number of ketones is 2. The van der Waals surface area contributed by atoms with E-state index >= 15 is 0 Å². The van der Waals surface area contributed by atoms with Crippen LogP contribution >= 0.6 is 0 Å². The molecule has 0 spiro atoms. The summed E-state index contributed by atoms with van der Waals surface area (Å²) in [6.07, 6.45) is -13.1. The predicted octanol–water partition coefficient (Wildman–Crippen LogP) is 6.87. The van der Waals surface area contributed by atoms with E-state index in [0.29, 0.717) is 6.92 Å². The molecule has 8 nitrogen and oxygen atoms in total. The van der Waals surface area contributed by atoms with E-state index in [4.69, 9.17) is 60.1 Å². The van der Waals surface area contributed by atoms with Gasteiger partial charge in [-0.2, -0.15) is 0 Å². The number of hydrogen-bond donors (Lipinski definition) is 0. The van der Waals surface area contributed by atoms with E-state index < -0.39 is 161 Å². The van der Waals surface area contributed by atoms with Gasteiger partial charge in [-0.25, -0.2) is 0 Å². The van der Waals surface area contributed by atoms with Crippen LogP contribution in [0.5, 0.6) is 23.0 Å². The fourth-order valence-electron chi connectivity index (χ4n) is 5.97. The highest BCUT2D eigenvalue weighted by Crippen LogP contribution is 2.44. The first-order chi connectivity index (χ1) is 34.1. The number of fused-ring (bicyclic) bond motifs is 6. The molecule has 0 aliphatic carbocycles. The number of Topliss-reactive ketones (excluding diaryl/α,β-unsaturated/α-hetero) is 2. The monoisotopic (exact) mass is 679 g/mol. The average molecular weight is 679 g/mol. The molecule has 0 aromatic heterocycles. The molecule has 2 aromatic rings. The number of carbonyl (C=O) groups is 2. The highest BCUT2D eigenvalue weighted by atomic mass is 16.5. The standard InChI is InChI=1S/C20H29NO3.C19H27NO3/c1-5-13(2)8-15-12-21-7-6-14-9-19(23-3)20(24-4)10-16(14)17(21)11-18(15)22;1-12(2)7-14-11-20-6-5-13-8-18(22-3)19(23-4)9-15(13)16(20)10-17(14)21/h9-10,13,15,17H,5-8,11-12H2,1-4H3;8-9,12,14,16H,5-7,10-11H2,1-4H3/i2D3,3D3,4D3,5D2,8D2,9D,10D,11D2,13D,15D;3D3,4D3,8D,9D,10D2,14D. The van der Waals surface area contributed by atoms with Gasteiger partial charge >= 0.3 is 0 Å². The van der Waals surface area contributed by atoms with E-state index in [1.165, 1.54) is 0 Å². The first-order valence-electron chi connectivity index (χ1n) is 29.8. The van der Waals surface area contributed by atoms with Crippen molar-refractivity contribution in [2.45, 2.75) is 84.5 Å². The van der Waals surface area contributed by atoms with Gasteiger partial charge in [-0.3, -0.25) is 19.4 Å². The Morgan fingerprint density at radius 3 is 1.77 bits per heavy atom. The molecule has 5 unspecified atom stereocenters. The van der Waals surface area contributed by atoms with Crippen LogP contribution in [-0.4, -0.2) is 75.7 Å². The normalized spacial score (nSPS) is 41.9. The van der Waals surface area contributed by atoms with Gasteiger partial charge in [0, 0.05) is 82.0 Å². The molecule has 2 saturated heterocycles. The maximum absolute atomic E-state index is 13.8. The number of carbonyl (C=O) groups excluding carboxylic acids is 2. The zero-order valence-corrected chi connectivity index (χ0v) is 26.0. The van der Waals surface area contributed by atoms with Crippen molar-refractivity contribution in [2.75, 3.05) is 54.3 Å². The van der Waals surface area contributed by atoms with Crippen molar-refractivity contribution in [3.05, 3.63) is 46.4 Å². The molecule has 0 radical (unpaired) electrons. The predicted molar refractivity (Wildman–Crippen MR) is 185 cm³/mol. The summed E-state index contributed by atoms with van der Waals surface area (Å²) < 4.78 is 260. The van der Waals surface area contributed by atoms with Gasteiger partial charge in [0.15, 0.2) is 23.0 Å². The molecule has 0 bridgehead atoms. The zero-order valence-electron chi connectivity index (χ0n) is 56.0. The molecule has 47 heavy (non-hydrogen) atoms. The quantitative estimate of drug-likeness (QED) is 0.285. The van der Waals surface area contributed by atoms with Gasteiger partial charge < -0.3 is 18.9 Å². The lowest BCUT2D eigenvalue weighted by Gasteiger charge is -2.43. The molecule has 4 aliphatic heterocycles. The van der Waals surface area contributed by atoms with Gasteiger partial charge in [-0.05, 0) is 83.9 Å². The molecule has 258 valence electrons. The summed E-state index contributed by atoms with van der Waals surface area (Å²) >= 11 is 0. The van der Waals surface area contributed by atoms with Crippen LogP contribution < -0.4 is 18.9 Å². The number of rotatable bonds is 9. The first kappa shape index (κ1) is 13.3. The van der Waals surface area contributed by atoms with Gasteiger partial charge in [0.25, 0.3) is 0 Å². The van der Waals surface area contributed by atoms with E-state index in [-0.39, 0.29) is 61.5 Å². The third-order valence-electron chi connectivity index (χ3n) is 8.14. The molecule has 4 heterocycles. The van der Waals surface area contributed by atoms with E-state index in [1.807, 2.05) is 13.8 Å². The summed E-state index contributed by atoms with van der Waals surface area (Å²) in [6.45, 7) is -0.850. The molecule has 2 aromatic carbocycles. The minimum atomic E-state index is -3.85. The van der Waals surface area contributed by atoms with Crippen LogP contribution in [0, 0.1) is 23.6 Å². The van der Waals surface area contributed by atoms with Crippen molar-refractivity contribution in [1.82, 2.24) is 9.80 Å². The minimum Gasteiger partial charge on any atom is -0.493 e. The summed E-state index contributed by atoms with van der Waals surface area (Å²) in [7, 11) is -12.7. The molecular weight excluding hydrogens is 592 g/mol. The molecule has 0 saturated carbocycles. The Labute approximate surface area is 324 Å². The third kappa shape index (κ3) is 7.64. The molecule has 0 amide bonds. The SMILES string of the molecule is [2H]c1c2c(c([2H])c(OC([2H])([2H])[2H])c1OC([2H])([2H])[2H])C1N(CC2)CC([2H])(C([2H])([2H])C([2H])(C([2H])([2H])[2H])C([2H])([2H])C)C(=O)C1([2H])[2H].[2H]c1c2c(c([2H])c(OC([2H])([2H])[2H])c1OC([2H])([2H])[2H])C1N(CC2)CC([2H])(CC(C)C)C(=O)C1([2H])[2H]. The van der Waals surface area contributed by atoms with Crippen LogP contribution in [0.15, 0.2) is 24.2 Å². The van der Waals surface area contributed by atoms with E-state index in [2.05, 4.69) is 0 Å². The van der Waals surface area contributed by atoms with Crippen molar-refractivity contribution in [1.29, 1.82) is 0 Å². The largest absolute Gasteiger partial charge is 0.493 e. The zero-order chi connectivity index (χ0) is 59.7. The van der Waals surface area contributed by atoms with Crippen LogP contribution in [0.3, 0.4) is 0 Å². The fraction of sp³-hybridized carbons (Fsp3) is 0.641. The second kappa shape index (κ2) is 15.4. The number of benzene rings is 2. The van der Waals surface area contributed by atoms with Crippen LogP contribution in [0.2, 0.25) is 0 Å². The highest BCUT2D eigenvalue weighted by molar-refractivity contribution is 5.83. The first-order valence-corrected chi connectivity index (χ1v) is 14.8. The Bertz CT molecular complexity index is 2620. The van der Waals surface area contributed by atoms with Crippen molar-refractivity contribution >= 4 is 11.6 Å². The number of piperidine rings is 2. The average Bonchev–Trinajstić information content (AvgIpc) is 3.22. The molecule has 4 aliphatic rings. The van der Waals surface area contributed by atoms with Crippen LogP contribution in [0.25, 0.3) is 0 Å². The Morgan fingerprint density at radius 1 is 0.851 bits per heavy atom. The minimum absolute atomic E-state index is 0.0451. The fourth-order valence-corrected chi connectivity index (χ4v) is 5.97. The second-order valence-corrected chi connectivity index (χ2v) is 11.6. The van der Waals surface area contributed by atoms with E-state index in [0.717, 1.165) is 4.90 Å². The number of nitrogens with zero attached hydrogens (tertiary/aromatic N) is 2. The number of hydrogen-bond acceptors (Lipinski definition) is 8. The van der Waals surface area contributed by atoms with Gasteiger partial charge in [-0.1, -0.05) is 34.0 Å². The smallest absolute Gasteiger partial charge is 0.161 e. The number of methoxy groups -OCH3 is 4. The van der Waals surface area contributed by atoms with E-state index in [1.54, 1.807) is 4.90 Å². The van der Waals surface area contributed by atoms with Crippen molar-refractivity contribution in [2.24, 2.45) is 23.6 Å². The summed E-state index contributed by atoms with van der Waals surface area (Å²) in [5.74, 6) is -15.3. The van der Waals surface area contributed by atoms with Crippen molar-refractivity contribution in [3.63, 3.8) is 0 Å². The molecule has 0 N–H and O–H groups in total. The molecule has 8 heteroatoms. The number of ether oxygens (including phenoxy) is 4. The lowest BCUT2D eigenvalue weighted by molar-refractivity contribution is -0.130. The molecule has 2 fully saturated rings. The molecule has 6 rings (SSSR count). The topological polar surface area (TPSA) is 77.5 Å². The van der Waals surface area contributed by atoms with Crippen LogP contribution in [-0.2, 0) is 22.4 Å². The Kier molecular flexibility index (Phi) is 4.37. The summed E-state index contributed by atoms with van der Waals surface area (Å²) in [5, 5.41) is 0. The van der Waals surface area contributed by atoms with Gasteiger partial charge in [-0.15, -0.1) is 0 Å². The van der Waals surface area contributed by atoms with Crippen molar-refractivity contribution < 1.29 is 69.7 Å². The summed E-state index contributed by atoms with van der Waals surface area (Å²) in [4.78, 5) is 29.6. The maximum Gasteiger partial charge on any atom is 0.161 e. The third-order valence-corrected chi connectivity index (χ3v) is 8.14. The Morgan fingerprint density at radius 2 is 1.32 bits per heavy atom. The van der Waals surface area contributed by atoms with Gasteiger partial charge in [0.1, 0.15) is 11.6 Å². The lowest BCUT2D eigenvalue weighted by Crippen LogP contribution is -2.46. The maximum atomic E-state index is 13.8. The van der Waals surface area contributed by atoms with Gasteiger partial charge in [0.2, 0.25) is 0 Å². The Balaban J connectivity index is 0.000000292. The van der Waals surface area contributed by atoms with Crippen LogP contribution in [0.1, 0.15) is 135 Å². The van der Waals surface area contributed by atoms with Crippen LogP contribution in [0.4, 0.5) is 0 Å². The lowest BCUT2D eigenvalue weighted by atomic mass is 9.79. The highest BCUT2D eigenvalue weighted by Gasteiger charge is 2.40. The molecule has 5 atom stereocenters. The van der Waals surface area contributed by atoms with Gasteiger partial charge in [0.05, 0.1) is 50.1 Å². The van der Waals surface area contributed by atoms with E-state index in [9.17, 15) is 9.59 Å². The Hall–Kier alpha value is -3.10. The summed E-state index contributed by atoms with van der Waals surface area (Å²) in [6, 6.07) is -6.18. The summed E-state index contributed by atoms with van der Waals surface area (Å²) in [5.41, 5.74) is -0.740.